The molecule has 1 aromatic heterocycles. The molecule has 0 amide bonds. The number of nitrogens with zero attached hydrogens (tertiary/aromatic N) is 4. The van der Waals surface area contributed by atoms with Gasteiger partial charge in [0.1, 0.15) is 0 Å². The molecule has 2 aromatic carbocycles. The van der Waals surface area contributed by atoms with Crippen molar-refractivity contribution in [2.75, 3.05) is 0 Å². The van der Waals surface area contributed by atoms with Gasteiger partial charge in [0.25, 0.3) is 0 Å². The molecule has 0 spiro atoms. The second kappa shape index (κ2) is 6.92. The van der Waals surface area contributed by atoms with Gasteiger partial charge in [0.2, 0.25) is 0 Å². The van der Waals surface area contributed by atoms with Gasteiger partial charge in [-0.1, -0.05) is 48.0 Å². The summed E-state index contributed by atoms with van der Waals surface area (Å²) in [7, 11) is 1.52. The number of hydrogen-bond donors (Lipinski definition) is 1. The van der Waals surface area contributed by atoms with Gasteiger partial charge < -0.3 is 4.84 Å². The lowest BCUT2D eigenvalue weighted by molar-refractivity contribution is 0.291. The molecule has 8 heteroatoms. The number of tetrazole rings is 1. The molecule has 0 aliphatic carbocycles. The van der Waals surface area contributed by atoms with E-state index in [1.165, 1.54) is 7.05 Å². The third-order valence-electron chi connectivity index (χ3n) is 3.83. The van der Waals surface area contributed by atoms with E-state index in [-0.39, 0.29) is 0 Å². The van der Waals surface area contributed by atoms with Crippen LogP contribution in [0.3, 0.4) is 0 Å². The first-order chi connectivity index (χ1) is 12.0. The zero-order chi connectivity index (χ0) is 18.0. The van der Waals surface area contributed by atoms with E-state index < -0.39 is 5.69 Å². The molecule has 7 nitrogen and oxygen atoms in total. The van der Waals surface area contributed by atoms with Gasteiger partial charge in [0.05, 0.1) is 16.3 Å². The highest BCUT2D eigenvalue weighted by Crippen LogP contribution is 2.34. The zero-order valence-electron chi connectivity index (χ0n) is 13.7. The van der Waals surface area contributed by atoms with Crippen LogP contribution in [0.4, 0.5) is 0 Å². The predicted octanol–water partition coefficient (Wildman–Crippen LogP) is 2.40. The molecule has 0 atom stereocenters. The molecule has 25 heavy (non-hydrogen) atoms. The molecule has 0 aliphatic rings. The molecule has 0 bridgehead atoms. The van der Waals surface area contributed by atoms with Crippen LogP contribution in [0.5, 0.6) is 0 Å². The molecule has 0 fully saturated rings. The number of aromatic nitrogens is 4. The van der Waals surface area contributed by atoms with Crippen LogP contribution in [0.2, 0.25) is 5.02 Å². The second-order valence-electron chi connectivity index (χ2n) is 5.37. The Kier molecular flexibility index (Phi) is 4.69. The van der Waals surface area contributed by atoms with Gasteiger partial charge in [0, 0.05) is 12.6 Å². The standard InChI is InChI=1S/C17H16ClN5O2/c1-11(12-7-4-3-5-8-12)16(25-19)15-13(18)9-6-10-14(15)23-17(24)22(2)20-21-23/h3-10H,19H2,1-2H3/b16-11+. The van der Waals surface area contributed by atoms with Crippen molar-refractivity contribution < 1.29 is 4.84 Å². The maximum atomic E-state index is 12.3. The number of halogens is 1. The summed E-state index contributed by atoms with van der Waals surface area (Å²) in [5.41, 5.74) is 2.18. The van der Waals surface area contributed by atoms with Crippen molar-refractivity contribution in [2.24, 2.45) is 12.9 Å². The maximum Gasteiger partial charge on any atom is 0.368 e. The van der Waals surface area contributed by atoms with Gasteiger partial charge in [0.15, 0.2) is 5.76 Å². The Morgan fingerprint density at radius 3 is 2.44 bits per heavy atom. The van der Waals surface area contributed by atoms with Gasteiger partial charge >= 0.3 is 5.69 Å². The molecule has 0 saturated heterocycles. The molecule has 2 N–H and O–H groups in total. The summed E-state index contributed by atoms with van der Waals surface area (Å²) in [5, 5.41) is 7.99. The Hall–Kier alpha value is -2.90. The van der Waals surface area contributed by atoms with Crippen LogP contribution in [0.1, 0.15) is 18.1 Å². The maximum absolute atomic E-state index is 12.3. The molecule has 1 heterocycles. The van der Waals surface area contributed by atoms with Crippen LogP contribution in [0.15, 0.2) is 53.3 Å². The fourth-order valence-electron chi connectivity index (χ4n) is 2.53. The summed E-state index contributed by atoms with van der Waals surface area (Å²) in [6.45, 7) is 1.87. The smallest absolute Gasteiger partial charge is 0.368 e. The summed E-state index contributed by atoms with van der Waals surface area (Å²) < 4.78 is 2.28. The first kappa shape index (κ1) is 16.9. The third-order valence-corrected chi connectivity index (χ3v) is 4.15. The molecule has 0 radical (unpaired) electrons. The Bertz CT molecular complexity index is 992. The van der Waals surface area contributed by atoms with Crippen LogP contribution in [0, 0.1) is 0 Å². The topological polar surface area (TPSA) is 88.0 Å². The van der Waals surface area contributed by atoms with Gasteiger partial charge in [-0.25, -0.2) is 4.79 Å². The first-order valence-corrected chi connectivity index (χ1v) is 7.83. The van der Waals surface area contributed by atoms with Gasteiger partial charge in [-0.15, -0.1) is 0 Å². The predicted molar refractivity (Wildman–Crippen MR) is 95.8 cm³/mol. The lowest BCUT2D eigenvalue weighted by Gasteiger charge is -2.15. The van der Waals surface area contributed by atoms with E-state index in [4.69, 9.17) is 22.3 Å². The zero-order valence-corrected chi connectivity index (χ0v) is 14.4. The van der Waals surface area contributed by atoms with Crippen LogP contribution in [-0.2, 0) is 11.9 Å². The Labute approximate surface area is 148 Å². The fraction of sp³-hybridized carbons (Fsp3) is 0.118. The van der Waals surface area contributed by atoms with Crippen LogP contribution >= 0.6 is 11.6 Å². The third kappa shape index (κ3) is 3.07. The van der Waals surface area contributed by atoms with Gasteiger partial charge in [-0.3, -0.25) is 0 Å². The average Bonchev–Trinajstić information content (AvgIpc) is 2.96. The van der Waals surface area contributed by atoms with Crippen molar-refractivity contribution >= 4 is 22.9 Å². The van der Waals surface area contributed by atoms with Gasteiger partial charge in [-0.2, -0.15) is 15.3 Å². The first-order valence-electron chi connectivity index (χ1n) is 7.46. The lowest BCUT2D eigenvalue weighted by Crippen LogP contribution is -2.23. The molecule has 0 saturated carbocycles. The van der Waals surface area contributed by atoms with Crippen LogP contribution in [-0.4, -0.2) is 19.8 Å². The monoisotopic (exact) mass is 357 g/mol. The largest absolute Gasteiger partial charge is 0.410 e. The number of aryl methyl sites for hydroxylation is 1. The molecule has 3 aromatic rings. The molecular formula is C17H16ClN5O2. The minimum absolute atomic E-state index is 0.351. The van der Waals surface area contributed by atoms with E-state index in [1.54, 1.807) is 18.2 Å². The average molecular weight is 358 g/mol. The highest BCUT2D eigenvalue weighted by molar-refractivity contribution is 6.32. The van der Waals surface area contributed by atoms with E-state index in [0.717, 1.165) is 20.5 Å². The Morgan fingerprint density at radius 1 is 1.12 bits per heavy atom. The number of benzene rings is 2. The van der Waals surface area contributed by atoms with Crippen molar-refractivity contribution in [3.63, 3.8) is 0 Å². The summed E-state index contributed by atoms with van der Waals surface area (Å²) in [4.78, 5) is 17.4. The van der Waals surface area contributed by atoms with E-state index in [0.29, 0.717) is 22.0 Å². The van der Waals surface area contributed by atoms with Crippen molar-refractivity contribution in [1.29, 1.82) is 0 Å². The normalized spacial score (nSPS) is 12.0. The lowest BCUT2D eigenvalue weighted by atomic mass is 10.0. The minimum Gasteiger partial charge on any atom is -0.410 e. The number of nitrogens with two attached hydrogens (primary N) is 1. The molecule has 0 unspecified atom stereocenters. The van der Waals surface area contributed by atoms with E-state index in [9.17, 15) is 4.79 Å². The van der Waals surface area contributed by atoms with Crippen molar-refractivity contribution in [3.8, 4) is 5.69 Å². The fourth-order valence-corrected chi connectivity index (χ4v) is 2.79. The molecule has 128 valence electrons. The van der Waals surface area contributed by atoms with Crippen molar-refractivity contribution in [3.05, 3.63) is 75.2 Å². The Balaban J connectivity index is 2.29. The quantitative estimate of drug-likeness (QED) is 0.440. The second-order valence-corrected chi connectivity index (χ2v) is 5.78. The molecule has 3 rings (SSSR count). The van der Waals surface area contributed by atoms with Crippen LogP contribution in [0.25, 0.3) is 17.0 Å². The number of hydrogen-bond acceptors (Lipinski definition) is 5. The molecule has 0 aliphatic heterocycles. The number of rotatable bonds is 4. The van der Waals surface area contributed by atoms with Crippen molar-refractivity contribution in [1.82, 2.24) is 19.8 Å². The van der Waals surface area contributed by atoms with Gasteiger partial charge in [-0.05, 0) is 35.0 Å². The molecular weight excluding hydrogens is 342 g/mol. The summed E-state index contributed by atoms with van der Waals surface area (Å²) in [6.07, 6.45) is 0. The highest BCUT2D eigenvalue weighted by Gasteiger charge is 2.20. The summed E-state index contributed by atoms with van der Waals surface area (Å²) in [6, 6.07) is 14.7. The highest BCUT2D eigenvalue weighted by atomic mass is 35.5. The van der Waals surface area contributed by atoms with Crippen LogP contribution < -0.4 is 11.6 Å². The van der Waals surface area contributed by atoms with E-state index in [1.807, 2.05) is 37.3 Å². The number of allylic oxidation sites excluding steroid dienone is 1. The Morgan fingerprint density at radius 2 is 1.84 bits per heavy atom. The van der Waals surface area contributed by atoms with E-state index in [2.05, 4.69) is 10.4 Å². The SMILES string of the molecule is C/C(=C(\ON)c1c(Cl)cccc1-n1nnn(C)c1=O)c1ccccc1. The summed E-state index contributed by atoms with van der Waals surface area (Å²) in [5.74, 6) is 5.91. The van der Waals surface area contributed by atoms with Crippen molar-refractivity contribution in [2.45, 2.75) is 6.92 Å². The van der Waals surface area contributed by atoms with E-state index >= 15 is 0 Å². The summed E-state index contributed by atoms with van der Waals surface area (Å²) >= 11 is 6.40. The minimum atomic E-state index is -0.405.